The molecule has 0 radical (unpaired) electrons. The number of benzene rings is 2. The molecule has 4 heteroatoms. The van der Waals surface area contributed by atoms with Gasteiger partial charge in [-0.1, -0.05) is 18.2 Å². The zero-order valence-electron chi connectivity index (χ0n) is 15.8. The number of anilines is 3. The molecule has 140 valence electrons. The maximum absolute atomic E-state index is 4.50. The van der Waals surface area contributed by atoms with Crippen LogP contribution in [0.3, 0.4) is 0 Å². The monoisotopic (exact) mass is 368 g/mol. The van der Waals surface area contributed by atoms with Crippen LogP contribution in [0.1, 0.15) is 23.2 Å². The fourth-order valence-corrected chi connectivity index (χ4v) is 4.09. The molecule has 3 N–H and O–H groups in total. The van der Waals surface area contributed by atoms with Crippen LogP contribution in [0.2, 0.25) is 0 Å². The summed E-state index contributed by atoms with van der Waals surface area (Å²) in [7, 11) is 0. The predicted octanol–water partition coefficient (Wildman–Crippen LogP) is 5.45. The van der Waals surface area contributed by atoms with E-state index >= 15 is 0 Å². The number of nitrogens with zero attached hydrogens (tertiary/aromatic N) is 1. The van der Waals surface area contributed by atoms with Crippen molar-refractivity contribution in [2.75, 3.05) is 17.2 Å². The molecule has 0 bridgehead atoms. The van der Waals surface area contributed by atoms with Gasteiger partial charge in [0.1, 0.15) is 0 Å². The van der Waals surface area contributed by atoms with E-state index in [1.54, 1.807) is 0 Å². The van der Waals surface area contributed by atoms with Crippen LogP contribution in [0.15, 0.2) is 67.0 Å². The first-order valence-electron chi connectivity index (χ1n) is 9.99. The van der Waals surface area contributed by atoms with Crippen LogP contribution in [-0.2, 0) is 19.3 Å². The van der Waals surface area contributed by atoms with E-state index in [-0.39, 0.29) is 0 Å². The number of para-hydroxylation sites is 1. The molecule has 2 aromatic carbocycles. The molecule has 0 saturated carbocycles. The van der Waals surface area contributed by atoms with E-state index in [1.165, 1.54) is 39.8 Å². The Morgan fingerprint density at radius 3 is 2.71 bits per heavy atom. The van der Waals surface area contributed by atoms with Gasteiger partial charge in [0.05, 0.1) is 0 Å². The van der Waals surface area contributed by atoms with Crippen LogP contribution in [0.5, 0.6) is 0 Å². The van der Waals surface area contributed by atoms with Gasteiger partial charge in [0.15, 0.2) is 0 Å². The van der Waals surface area contributed by atoms with Gasteiger partial charge in [-0.25, -0.2) is 0 Å². The average Bonchev–Trinajstić information content (AvgIpc) is 3.37. The number of pyridine rings is 1. The van der Waals surface area contributed by atoms with Crippen LogP contribution >= 0.6 is 0 Å². The summed E-state index contributed by atoms with van der Waals surface area (Å²) in [6, 6.07) is 19.1. The van der Waals surface area contributed by atoms with E-state index in [4.69, 9.17) is 0 Å². The number of rotatable bonds is 6. The first-order chi connectivity index (χ1) is 13.9. The second-order valence-electron chi connectivity index (χ2n) is 7.38. The Kier molecular flexibility index (Phi) is 4.45. The predicted molar refractivity (Wildman–Crippen MR) is 116 cm³/mol. The minimum absolute atomic E-state index is 0.909. The SMILES string of the molecule is c1ccc2c(CCNc3ccc(Nc4ccnc5c4CCC5)cc3)c[nH]c2c1. The Morgan fingerprint density at radius 1 is 0.929 bits per heavy atom. The van der Waals surface area contributed by atoms with E-state index in [0.29, 0.717) is 0 Å². The highest BCUT2D eigenvalue weighted by atomic mass is 14.9. The molecule has 1 aliphatic carbocycles. The summed E-state index contributed by atoms with van der Waals surface area (Å²) in [5, 5.41) is 8.40. The summed E-state index contributed by atoms with van der Waals surface area (Å²) in [5.41, 5.74) is 8.64. The number of aromatic amines is 1. The molecule has 0 saturated heterocycles. The van der Waals surface area contributed by atoms with Crippen molar-refractivity contribution >= 4 is 28.0 Å². The zero-order chi connectivity index (χ0) is 18.8. The zero-order valence-corrected chi connectivity index (χ0v) is 15.8. The maximum atomic E-state index is 4.50. The Bertz CT molecular complexity index is 1100. The van der Waals surface area contributed by atoms with E-state index < -0.39 is 0 Å². The summed E-state index contributed by atoms with van der Waals surface area (Å²) in [4.78, 5) is 7.84. The highest BCUT2D eigenvalue weighted by molar-refractivity contribution is 5.83. The summed E-state index contributed by atoms with van der Waals surface area (Å²) in [6.07, 6.45) is 8.45. The van der Waals surface area contributed by atoms with Crippen LogP contribution in [0, 0.1) is 0 Å². The Morgan fingerprint density at radius 2 is 1.79 bits per heavy atom. The standard InChI is InChI=1S/C24H24N4/c1-2-6-22-20(4-1)17(16-27-22)12-14-25-18-8-10-19(11-9-18)28-24-13-15-26-23-7-3-5-21(23)24/h1-2,4,6,8-11,13,15-16,25,27H,3,5,7,12,14H2,(H,26,28). The second kappa shape index (κ2) is 7.39. The van der Waals surface area contributed by atoms with Crippen molar-refractivity contribution in [3.63, 3.8) is 0 Å². The molecule has 0 aliphatic heterocycles. The van der Waals surface area contributed by atoms with Crippen molar-refractivity contribution in [2.24, 2.45) is 0 Å². The Labute approximate surface area is 165 Å². The van der Waals surface area contributed by atoms with Crippen LogP contribution in [0.4, 0.5) is 17.1 Å². The minimum atomic E-state index is 0.909. The summed E-state index contributed by atoms with van der Waals surface area (Å²) < 4.78 is 0. The third kappa shape index (κ3) is 3.33. The molecule has 0 atom stereocenters. The van der Waals surface area contributed by atoms with Crippen molar-refractivity contribution < 1.29 is 0 Å². The number of hydrogen-bond donors (Lipinski definition) is 3. The number of fused-ring (bicyclic) bond motifs is 2. The molecule has 0 amide bonds. The van der Waals surface area contributed by atoms with E-state index in [2.05, 4.69) is 81.4 Å². The molecule has 2 heterocycles. The van der Waals surface area contributed by atoms with E-state index in [9.17, 15) is 0 Å². The first kappa shape index (κ1) is 16.9. The minimum Gasteiger partial charge on any atom is -0.385 e. The van der Waals surface area contributed by atoms with Gasteiger partial charge in [0.25, 0.3) is 0 Å². The van der Waals surface area contributed by atoms with Crippen molar-refractivity contribution in [3.05, 3.63) is 83.8 Å². The fourth-order valence-electron chi connectivity index (χ4n) is 4.09. The molecule has 0 fully saturated rings. The van der Waals surface area contributed by atoms with Gasteiger partial charge in [0.2, 0.25) is 0 Å². The third-order valence-corrected chi connectivity index (χ3v) is 5.55. The molecular formula is C24H24N4. The lowest BCUT2D eigenvalue weighted by Gasteiger charge is -2.12. The highest BCUT2D eigenvalue weighted by Crippen LogP contribution is 2.29. The average molecular weight is 368 g/mol. The molecule has 0 spiro atoms. The topological polar surface area (TPSA) is 52.7 Å². The Balaban J connectivity index is 1.21. The smallest absolute Gasteiger partial charge is 0.0456 e. The van der Waals surface area contributed by atoms with E-state index in [0.717, 1.165) is 37.2 Å². The lowest BCUT2D eigenvalue weighted by atomic mass is 10.1. The number of nitrogens with one attached hydrogen (secondary N) is 3. The van der Waals surface area contributed by atoms with Crippen LogP contribution < -0.4 is 10.6 Å². The van der Waals surface area contributed by atoms with Crippen LogP contribution in [-0.4, -0.2) is 16.5 Å². The van der Waals surface area contributed by atoms with Gasteiger partial charge in [-0.2, -0.15) is 0 Å². The molecule has 1 aliphatic rings. The summed E-state index contributed by atoms with van der Waals surface area (Å²) >= 11 is 0. The van der Waals surface area contributed by atoms with Crippen LogP contribution in [0.25, 0.3) is 10.9 Å². The third-order valence-electron chi connectivity index (χ3n) is 5.55. The Hall–Kier alpha value is -3.27. The largest absolute Gasteiger partial charge is 0.385 e. The van der Waals surface area contributed by atoms with E-state index in [1.807, 2.05) is 6.20 Å². The number of hydrogen-bond acceptors (Lipinski definition) is 3. The lowest BCUT2D eigenvalue weighted by molar-refractivity contribution is 0.899. The summed E-state index contributed by atoms with van der Waals surface area (Å²) in [6.45, 7) is 0.909. The van der Waals surface area contributed by atoms with Gasteiger partial charge in [-0.3, -0.25) is 4.98 Å². The van der Waals surface area contributed by atoms with Gasteiger partial charge in [-0.05, 0) is 73.2 Å². The molecular weight excluding hydrogens is 344 g/mol. The quantitative estimate of drug-likeness (QED) is 0.424. The second-order valence-corrected chi connectivity index (χ2v) is 7.38. The molecule has 4 nitrogen and oxygen atoms in total. The van der Waals surface area contributed by atoms with Crippen molar-refractivity contribution in [2.45, 2.75) is 25.7 Å². The van der Waals surface area contributed by atoms with Gasteiger partial charge < -0.3 is 15.6 Å². The molecule has 2 aromatic heterocycles. The molecule has 0 unspecified atom stereocenters. The highest BCUT2D eigenvalue weighted by Gasteiger charge is 2.15. The number of aryl methyl sites for hydroxylation is 1. The number of aromatic nitrogens is 2. The summed E-state index contributed by atoms with van der Waals surface area (Å²) in [5.74, 6) is 0. The van der Waals surface area contributed by atoms with Gasteiger partial charge in [-0.15, -0.1) is 0 Å². The van der Waals surface area contributed by atoms with Gasteiger partial charge >= 0.3 is 0 Å². The maximum Gasteiger partial charge on any atom is 0.0456 e. The fraction of sp³-hybridized carbons (Fsp3) is 0.208. The molecule has 5 rings (SSSR count). The lowest BCUT2D eigenvalue weighted by Crippen LogP contribution is -2.04. The molecule has 4 aromatic rings. The van der Waals surface area contributed by atoms with Crippen molar-refractivity contribution in [1.29, 1.82) is 0 Å². The van der Waals surface area contributed by atoms with Crippen molar-refractivity contribution in [1.82, 2.24) is 9.97 Å². The first-order valence-corrected chi connectivity index (χ1v) is 9.99. The normalized spacial score (nSPS) is 12.9. The molecule has 28 heavy (non-hydrogen) atoms. The van der Waals surface area contributed by atoms with Gasteiger partial charge in [0, 0.05) is 52.6 Å². The van der Waals surface area contributed by atoms with Crippen molar-refractivity contribution in [3.8, 4) is 0 Å². The number of H-pyrrole nitrogens is 1.